The van der Waals surface area contributed by atoms with E-state index in [1.54, 1.807) is 19.4 Å². The number of anilines is 3. The number of methoxy groups -OCH3 is 1. The molecule has 5 rings (SSSR count). The molecule has 236 valence electrons. The summed E-state index contributed by atoms with van der Waals surface area (Å²) in [7, 11) is 1.65. The average Bonchev–Trinajstić information content (AvgIpc) is 3.37. The van der Waals surface area contributed by atoms with E-state index in [9.17, 15) is 4.39 Å². The van der Waals surface area contributed by atoms with Gasteiger partial charge in [0.2, 0.25) is 5.95 Å². The zero-order valence-electron chi connectivity index (χ0n) is 25.7. The van der Waals surface area contributed by atoms with Gasteiger partial charge in [-0.05, 0) is 45.0 Å². The van der Waals surface area contributed by atoms with Gasteiger partial charge in [-0.15, -0.1) is 0 Å². The number of fused-ring (bicyclic) bond motifs is 1. The van der Waals surface area contributed by atoms with Crippen LogP contribution in [0.1, 0.15) is 25.7 Å². The van der Waals surface area contributed by atoms with Gasteiger partial charge in [0, 0.05) is 51.4 Å². The van der Waals surface area contributed by atoms with Crippen molar-refractivity contribution in [3.8, 4) is 11.3 Å². The first-order valence-electron chi connectivity index (χ1n) is 14.9. The van der Waals surface area contributed by atoms with Crippen molar-refractivity contribution < 1.29 is 23.0 Å². The van der Waals surface area contributed by atoms with Crippen molar-refractivity contribution in [2.24, 2.45) is 0 Å². The van der Waals surface area contributed by atoms with Crippen LogP contribution in [0.5, 0.6) is 0 Å². The third kappa shape index (κ3) is 7.65. The van der Waals surface area contributed by atoms with E-state index in [-0.39, 0.29) is 23.2 Å². The topological polar surface area (TPSA) is 103 Å². The Morgan fingerprint density at radius 2 is 1.64 bits per heavy atom. The van der Waals surface area contributed by atoms with E-state index in [4.69, 9.17) is 14.2 Å². The molecule has 0 saturated carbocycles. The number of benzene rings is 1. The van der Waals surface area contributed by atoms with Crippen LogP contribution in [0.25, 0.3) is 22.3 Å². The number of piperazine rings is 1. The summed E-state index contributed by atoms with van der Waals surface area (Å²) in [4.78, 5) is 22.1. The van der Waals surface area contributed by atoms with Crippen molar-refractivity contribution in [1.29, 1.82) is 0 Å². The fourth-order valence-corrected chi connectivity index (χ4v) is 5.32. The number of halogens is 2. The quantitative estimate of drug-likeness (QED) is 0.204. The van der Waals surface area contributed by atoms with Gasteiger partial charge >= 0.3 is 0 Å². The van der Waals surface area contributed by atoms with E-state index in [0.29, 0.717) is 55.6 Å². The third-order valence-electron chi connectivity index (χ3n) is 7.51. The van der Waals surface area contributed by atoms with Crippen molar-refractivity contribution in [3.63, 3.8) is 0 Å². The Kier molecular flexibility index (Phi) is 10.6. The van der Waals surface area contributed by atoms with E-state index in [0.717, 1.165) is 44.7 Å². The molecule has 44 heavy (non-hydrogen) atoms. The summed E-state index contributed by atoms with van der Waals surface area (Å²) in [5, 5.41) is 3.09. The summed E-state index contributed by atoms with van der Waals surface area (Å²) >= 11 is 0. The Labute approximate surface area is 256 Å². The summed E-state index contributed by atoms with van der Waals surface area (Å²) in [5.74, 6) is 0.577. The molecule has 11 nitrogen and oxygen atoms in total. The number of aryl methyl sites for hydroxylation is 1. The van der Waals surface area contributed by atoms with Gasteiger partial charge in [-0.1, -0.05) is 0 Å². The molecule has 0 amide bonds. The number of imidazole rings is 1. The first-order chi connectivity index (χ1) is 21.3. The van der Waals surface area contributed by atoms with Crippen LogP contribution in [0.3, 0.4) is 0 Å². The number of aromatic nitrogens is 5. The summed E-state index contributed by atoms with van der Waals surface area (Å²) < 4.78 is 47.9. The van der Waals surface area contributed by atoms with Crippen LogP contribution in [0.15, 0.2) is 36.7 Å². The van der Waals surface area contributed by atoms with Gasteiger partial charge in [-0.3, -0.25) is 4.90 Å². The molecule has 4 aromatic rings. The van der Waals surface area contributed by atoms with Crippen LogP contribution >= 0.6 is 0 Å². The van der Waals surface area contributed by atoms with Gasteiger partial charge in [0.05, 0.1) is 56.6 Å². The molecular formula is C31H40F2N8O3. The molecule has 0 spiro atoms. The van der Waals surface area contributed by atoms with Crippen LogP contribution in [0.4, 0.5) is 26.2 Å². The van der Waals surface area contributed by atoms with E-state index in [2.05, 4.69) is 35.1 Å². The number of nitrogens with zero attached hydrogens (tertiary/aromatic N) is 7. The summed E-state index contributed by atoms with van der Waals surface area (Å²) in [5.41, 5.74) is 1.81. The minimum Gasteiger partial charge on any atom is -0.382 e. The molecule has 1 fully saturated rings. The van der Waals surface area contributed by atoms with Gasteiger partial charge in [0.25, 0.3) is 0 Å². The highest BCUT2D eigenvalue weighted by atomic mass is 19.1. The Hall–Kier alpha value is -3.78. The minimum absolute atomic E-state index is 0.000665. The van der Waals surface area contributed by atoms with Crippen LogP contribution in [-0.4, -0.2) is 102 Å². The number of pyridine rings is 1. The first kappa shape index (κ1) is 31.6. The van der Waals surface area contributed by atoms with Gasteiger partial charge < -0.3 is 29.0 Å². The van der Waals surface area contributed by atoms with Gasteiger partial charge in [-0.25, -0.2) is 28.7 Å². The van der Waals surface area contributed by atoms with E-state index < -0.39 is 11.6 Å². The second kappa shape index (κ2) is 14.8. The Bertz CT molecular complexity index is 1520. The lowest BCUT2D eigenvalue weighted by molar-refractivity contribution is 0.0192. The van der Waals surface area contributed by atoms with Crippen molar-refractivity contribution >= 4 is 28.5 Å². The lowest BCUT2D eigenvalue weighted by Gasteiger charge is -2.35. The highest BCUT2D eigenvalue weighted by Crippen LogP contribution is 2.30. The minimum atomic E-state index is -0.646. The average molecular weight is 611 g/mol. The van der Waals surface area contributed by atoms with Crippen LogP contribution in [0, 0.1) is 18.6 Å². The van der Waals surface area contributed by atoms with Crippen molar-refractivity contribution in [2.45, 2.75) is 26.8 Å². The van der Waals surface area contributed by atoms with Crippen LogP contribution in [-0.2, 0) is 14.2 Å². The maximum atomic E-state index is 15.0. The molecule has 3 aromatic heterocycles. The maximum absolute atomic E-state index is 15.0. The third-order valence-corrected chi connectivity index (χ3v) is 7.51. The van der Waals surface area contributed by atoms with Gasteiger partial charge in [-0.2, -0.15) is 0 Å². The molecule has 1 N–H and O–H groups in total. The molecule has 1 aliphatic heterocycles. The van der Waals surface area contributed by atoms with Crippen molar-refractivity contribution in [2.75, 3.05) is 83.1 Å². The molecule has 0 radical (unpaired) electrons. The van der Waals surface area contributed by atoms with Crippen LogP contribution in [0.2, 0.25) is 0 Å². The van der Waals surface area contributed by atoms with Crippen LogP contribution < -0.4 is 10.2 Å². The smallest absolute Gasteiger partial charge is 0.227 e. The van der Waals surface area contributed by atoms with Gasteiger partial charge in [0.15, 0.2) is 11.6 Å². The molecular weight excluding hydrogens is 570 g/mol. The summed E-state index contributed by atoms with van der Waals surface area (Å²) in [6.45, 7) is 13.3. The Morgan fingerprint density at radius 1 is 0.886 bits per heavy atom. The van der Waals surface area contributed by atoms with E-state index in [1.807, 2.05) is 37.5 Å². The number of hydrogen-bond acceptors (Lipinski definition) is 10. The summed E-state index contributed by atoms with van der Waals surface area (Å²) in [6, 6.07) is 6.87. The molecule has 0 aliphatic carbocycles. The first-order valence-corrected chi connectivity index (χ1v) is 14.9. The molecule has 0 bridgehead atoms. The maximum Gasteiger partial charge on any atom is 0.227 e. The second-order valence-electron chi connectivity index (χ2n) is 10.9. The Balaban J connectivity index is 1.16. The lowest BCUT2D eigenvalue weighted by atomic mass is 10.1. The lowest BCUT2D eigenvalue weighted by Crippen LogP contribution is -2.47. The molecule has 0 unspecified atom stereocenters. The number of hydrogen-bond donors (Lipinski definition) is 1. The fourth-order valence-electron chi connectivity index (χ4n) is 5.32. The summed E-state index contributed by atoms with van der Waals surface area (Å²) in [6.07, 6.45) is 2.78. The SMILES string of the molecule is COCCOCCOCCN1CCN(c2ccc(Nc3ncc(F)c(-c4cc(F)c5nc(C)n(C(C)C)c5c4)n3)cn2)CC1. The monoisotopic (exact) mass is 610 g/mol. The molecule has 0 atom stereocenters. The zero-order valence-corrected chi connectivity index (χ0v) is 25.7. The molecule has 1 aromatic carbocycles. The zero-order chi connectivity index (χ0) is 31.1. The molecule has 1 aliphatic rings. The number of ether oxygens (including phenoxy) is 3. The highest BCUT2D eigenvalue weighted by molar-refractivity contribution is 5.83. The predicted molar refractivity (Wildman–Crippen MR) is 165 cm³/mol. The van der Waals surface area contributed by atoms with Crippen molar-refractivity contribution in [3.05, 3.63) is 54.1 Å². The van der Waals surface area contributed by atoms with E-state index in [1.165, 1.54) is 6.07 Å². The largest absolute Gasteiger partial charge is 0.382 e. The number of rotatable bonds is 14. The fraction of sp³-hybridized carbons (Fsp3) is 0.484. The van der Waals surface area contributed by atoms with Gasteiger partial charge in [0.1, 0.15) is 22.9 Å². The normalized spacial score (nSPS) is 14.2. The molecule has 13 heteroatoms. The predicted octanol–water partition coefficient (Wildman–Crippen LogP) is 4.60. The highest BCUT2D eigenvalue weighted by Gasteiger charge is 2.20. The molecule has 4 heterocycles. The Morgan fingerprint density at radius 3 is 2.34 bits per heavy atom. The van der Waals surface area contributed by atoms with Crippen molar-refractivity contribution in [1.82, 2.24) is 29.4 Å². The second-order valence-corrected chi connectivity index (χ2v) is 10.9. The standard InChI is InChI=1S/C31H40F2N8O3/c1-21(2)41-22(3)36-30-25(32)17-23(18-27(30)41)29-26(33)20-35-31(38-29)37-24-5-6-28(34-19-24)40-9-7-39(8-10-40)11-12-43-15-16-44-14-13-42-4/h5-6,17-21H,7-16H2,1-4H3,(H,35,37,38). The number of nitrogens with one attached hydrogen (secondary N) is 1. The van der Waals surface area contributed by atoms with E-state index >= 15 is 4.39 Å². The molecule has 1 saturated heterocycles.